The Balaban J connectivity index is 1.10. The molecule has 3 aromatic carbocycles. The smallest absolute Gasteiger partial charge is 0.418 e. The van der Waals surface area contributed by atoms with Crippen LogP contribution in [0.25, 0.3) is 0 Å². The molecule has 1 heterocycles. The molecule has 272 valence electrons. The van der Waals surface area contributed by atoms with E-state index >= 15 is 0 Å². The van der Waals surface area contributed by atoms with Gasteiger partial charge < -0.3 is 20.3 Å². The largest absolute Gasteiger partial charge is 0.427 e. The summed E-state index contributed by atoms with van der Waals surface area (Å²) in [5, 5.41) is 6.25. The number of imide groups is 1. The van der Waals surface area contributed by atoms with Crippen LogP contribution in [0.1, 0.15) is 67.7 Å². The highest BCUT2D eigenvalue weighted by Gasteiger charge is 2.58. The summed E-state index contributed by atoms with van der Waals surface area (Å²) in [5.41, 5.74) is 1.87. The molecular weight excluding hydrogens is 668 g/mol. The van der Waals surface area contributed by atoms with Gasteiger partial charge in [0.15, 0.2) is 0 Å². The first-order valence-corrected chi connectivity index (χ1v) is 17.2. The van der Waals surface area contributed by atoms with Crippen molar-refractivity contribution in [2.24, 2.45) is 0 Å². The molecule has 0 saturated carbocycles. The Labute approximate surface area is 294 Å². The Kier molecular flexibility index (Phi) is 12.0. The average molecular weight is 711 g/mol. The van der Waals surface area contributed by atoms with Crippen LogP contribution in [0.5, 0.6) is 0 Å². The number of fused-ring (bicyclic) bond motifs is 2. The molecule has 1 aliphatic carbocycles. The molecule has 2 atom stereocenters. The van der Waals surface area contributed by atoms with Crippen LogP contribution < -0.4 is 10.6 Å². The molecule has 13 heteroatoms. The summed E-state index contributed by atoms with van der Waals surface area (Å²) in [4.78, 5) is 53.1. The Morgan fingerprint density at radius 2 is 1.69 bits per heavy atom. The fraction of sp³-hybridized carbons (Fsp3) is 0.421. The van der Waals surface area contributed by atoms with Crippen LogP contribution in [0.4, 0.5) is 28.0 Å². The van der Waals surface area contributed by atoms with Crippen LogP contribution in [-0.2, 0) is 44.1 Å². The van der Waals surface area contributed by atoms with Gasteiger partial charge in [0.2, 0.25) is 17.4 Å². The third kappa shape index (κ3) is 9.25. The summed E-state index contributed by atoms with van der Waals surface area (Å²) in [5.74, 6) is -2.49. The summed E-state index contributed by atoms with van der Waals surface area (Å²) in [6, 6.07) is 17.9. The van der Waals surface area contributed by atoms with Gasteiger partial charge in [-0.25, -0.2) is 14.1 Å². The van der Waals surface area contributed by atoms with Gasteiger partial charge in [-0.15, -0.1) is 0 Å². The molecule has 9 nitrogen and oxygen atoms in total. The van der Waals surface area contributed by atoms with Crippen LogP contribution in [0, 0.1) is 5.82 Å². The second-order valence-corrected chi connectivity index (χ2v) is 13.0. The maximum absolute atomic E-state index is 13.7. The van der Waals surface area contributed by atoms with E-state index in [4.69, 9.17) is 4.74 Å². The number of ether oxygens (including phenoxy) is 1. The minimum absolute atomic E-state index is 0.0273. The maximum atomic E-state index is 13.7. The van der Waals surface area contributed by atoms with Crippen LogP contribution in [0.3, 0.4) is 0 Å². The standard InChI is InChI=1S/C38H42F4N4O5/c1-26(38(40,41)42)45(24-28-13-15-30(39)16-14-28)34(48)25-46-35(49)37(51-36(46)50)20-19-29-23-31(17-18-32(29)37)43-21-8-22-44-33(47)12-7-3-6-11-27-9-4-2-5-10-27/h2,4-5,9-10,13-18,23,26,43H,3,6-8,11-12,19-22,24-25H2,1H3,(H,44,47)/t26-,37+/m0/s1. The van der Waals surface area contributed by atoms with Crippen molar-refractivity contribution >= 4 is 29.5 Å². The number of nitrogens with one attached hydrogen (secondary N) is 2. The minimum atomic E-state index is -4.79. The number of aryl methyl sites for hydroxylation is 2. The van der Waals surface area contributed by atoms with E-state index in [0.717, 1.165) is 56.0 Å². The Morgan fingerprint density at radius 1 is 0.941 bits per heavy atom. The molecule has 1 saturated heterocycles. The minimum Gasteiger partial charge on any atom is -0.427 e. The number of hydrogen-bond donors (Lipinski definition) is 2. The van der Waals surface area contributed by atoms with Crippen LogP contribution in [-0.4, -0.2) is 65.5 Å². The number of anilines is 1. The summed E-state index contributed by atoms with van der Waals surface area (Å²) in [7, 11) is 0. The number of carbonyl (C=O) groups excluding carboxylic acids is 4. The number of amides is 4. The number of carbonyl (C=O) groups is 4. The lowest BCUT2D eigenvalue weighted by Gasteiger charge is -2.31. The molecule has 1 spiro atoms. The summed E-state index contributed by atoms with van der Waals surface area (Å²) in [6.07, 6.45) is -0.330. The number of halogens is 4. The fourth-order valence-corrected chi connectivity index (χ4v) is 6.47. The van der Waals surface area contributed by atoms with Crippen LogP contribution >= 0.6 is 0 Å². The topological polar surface area (TPSA) is 108 Å². The van der Waals surface area contributed by atoms with Gasteiger partial charge in [-0.1, -0.05) is 55.0 Å². The zero-order valence-electron chi connectivity index (χ0n) is 28.4. The van der Waals surface area contributed by atoms with Gasteiger partial charge in [0.1, 0.15) is 18.4 Å². The number of nitrogens with zero attached hydrogens (tertiary/aromatic N) is 2. The molecule has 5 rings (SSSR count). The van der Waals surface area contributed by atoms with Gasteiger partial charge in [-0.05, 0) is 80.0 Å². The zero-order valence-corrected chi connectivity index (χ0v) is 28.4. The molecule has 3 aromatic rings. The Bertz CT molecular complexity index is 1700. The van der Waals surface area contributed by atoms with E-state index in [1.54, 1.807) is 12.1 Å². The highest BCUT2D eigenvalue weighted by Crippen LogP contribution is 2.46. The van der Waals surface area contributed by atoms with Crippen molar-refractivity contribution < 1.29 is 41.5 Å². The number of benzene rings is 3. The third-order valence-electron chi connectivity index (χ3n) is 9.40. The zero-order chi connectivity index (χ0) is 36.6. The fourth-order valence-electron chi connectivity index (χ4n) is 6.47. The first-order chi connectivity index (χ1) is 24.4. The first-order valence-electron chi connectivity index (χ1n) is 17.2. The molecule has 2 aliphatic rings. The maximum Gasteiger partial charge on any atom is 0.418 e. The number of rotatable bonds is 16. The van der Waals surface area contributed by atoms with Crippen molar-refractivity contribution in [1.82, 2.24) is 15.1 Å². The summed E-state index contributed by atoms with van der Waals surface area (Å²) >= 11 is 0. The molecule has 4 amide bonds. The molecule has 2 N–H and O–H groups in total. The average Bonchev–Trinajstić information content (AvgIpc) is 3.58. The molecular formula is C38H42F4N4O5. The van der Waals surface area contributed by atoms with E-state index in [9.17, 15) is 36.7 Å². The Morgan fingerprint density at radius 3 is 2.41 bits per heavy atom. The number of unbranched alkanes of at least 4 members (excludes halogenated alkanes) is 2. The van der Waals surface area contributed by atoms with E-state index in [0.29, 0.717) is 47.7 Å². The van der Waals surface area contributed by atoms with Gasteiger partial charge in [0.25, 0.3) is 5.91 Å². The quantitative estimate of drug-likeness (QED) is 0.127. The van der Waals surface area contributed by atoms with Crippen molar-refractivity contribution in [1.29, 1.82) is 0 Å². The van der Waals surface area contributed by atoms with Crippen molar-refractivity contribution in [2.75, 3.05) is 25.0 Å². The van der Waals surface area contributed by atoms with Gasteiger partial charge in [-0.2, -0.15) is 13.2 Å². The highest BCUT2D eigenvalue weighted by molar-refractivity contribution is 6.06. The summed E-state index contributed by atoms with van der Waals surface area (Å²) in [6.45, 7) is 0.448. The third-order valence-corrected chi connectivity index (χ3v) is 9.40. The normalized spacial score (nSPS) is 17.3. The Hall–Kier alpha value is -4.94. The second kappa shape index (κ2) is 16.4. The second-order valence-electron chi connectivity index (χ2n) is 13.0. The van der Waals surface area contributed by atoms with E-state index in [1.807, 2.05) is 24.3 Å². The lowest BCUT2D eigenvalue weighted by Crippen LogP contribution is -2.51. The number of hydrogen-bond acceptors (Lipinski definition) is 6. The lowest BCUT2D eigenvalue weighted by molar-refractivity contribution is -0.187. The number of alkyl halides is 3. The molecule has 1 aliphatic heterocycles. The first kappa shape index (κ1) is 37.3. The van der Waals surface area contributed by atoms with Crippen molar-refractivity contribution in [3.05, 3.63) is 101 Å². The van der Waals surface area contributed by atoms with Gasteiger partial charge in [0.05, 0.1) is 0 Å². The van der Waals surface area contributed by atoms with Gasteiger partial charge >= 0.3 is 12.3 Å². The van der Waals surface area contributed by atoms with Crippen molar-refractivity contribution in [3.63, 3.8) is 0 Å². The molecule has 1 fully saturated rings. The molecule has 51 heavy (non-hydrogen) atoms. The predicted octanol–water partition coefficient (Wildman–Crippen LogP) is 6.65. The molecule has 0 radical (unpaired) electrons. The SMILES string of the molecule is C[C@H](N(Cc1ccc(F)cc1)C(=O)CN1C(=O)O[C@@]2(CCc3cc(NCCCNC(=O)CCCCCc4ccccc4)ccc32)C1=O)C(F)(F)F. The van der Waals surface area contributed by atoms with E-state index in [2.05, 4.69) is 22.8 Å². The van der Waals surface area contributed by atoms with Crippen LogP contribution in [0.15, 0.2) is 72.8 Å². The van der Waals surface area contributed by atoms with E-state index in [-0.39, 0.29) is 17.9 Å². The van der Waals surface area contributed by atoms with Crippen molar-refractivity contribution in [3.8, 4) is 0 Å². The molecule has 0 unspecified atom stereocenters. The van der Waals surface area contributed by atoms with Gasteiger partial charge in [-0.3, -0.25) is 14.4 Å². The van der Waals surface area contributed by atoms with Crippen molar-refractivity contribution in [2.45, 2.75) is 82.7 Å². The van der Waals surface area contributed by atoms with E-state index < -0.39 is 54.6 Å². The van der Waals surface area contributed by atoms with Crippen LogP contribution in [0.2, 0.25) is 0 Å². The van der Waals surface area contributed by atoms with E-state index in [1.165, 1.54) is 17.7 Å². The molecule has 0 aromatic heterocycles. The van der Waals surface area contributed by atoms with Gasteiger partial charge in [0, 0.05) is 43.7 Å². The molecule has 0 bridgehead atoms. The predicted molar refractivity (Wildman–Crippen MR) is 182 cm³/mol. The lowest BCUT2D eigenvalue weighted by atomic mass is 9.94. The summed E-state index contributed by atoms with van der Waals surface area (Å²) < 4.78 is 60.2. The monoisotopic (exact) mass is 710 g/mol. The highest BCUT2D eigenvalue weighted by atomic mass is 19.4.